The average molecular weight is 538 g/mol. The maximum Gasteiger partial charge on any atom is 0.326 e. The molecule has 0 spiro atoms. The molecule has 0 aliphatic rings. The summed E-state index contributed by atoms with van der Waals surface area (Å²) < 4.78 is 0. The molecule has 0 aliphatic heterocycles. The number of carboxylic acid groups (broad SMARTS) is 1. The molecule has 38 heavy (non-hydrogen) atoms. The normalized spacial score (nSPS) is 14.2. The summed E-state index contributed by atoms with van der Waals surface area (Å²) in [5, 5.41) is 37.8. The van der Waals surface area contributed by atoms with Crippen molar-refractivity contribution in [3.05, 3.63) is 29.8 Å². The van der Waals surface area contributed by atoms with Crippen LogP contribution >= 0.6 is 0 Å². The van der Waals surface area contributed by atoms with Gasteiger partial charge < -0.3 is 42.3 Å². The van der Waals surface area contributed by atoms with Crippen LogP contribution in [0.15, 0.2) is 24.3 Å². The summed E-state index contributed by atoms with van der Waals surface area (Å²) in [7, 11) is 0. The van der Waals surface area contributed by atoms with Gasteiger partial charge in [-0.15, -0.1) is 0 Å². The van der Waals surface area contributed by atoms with E-state index in [0.29, 0.717) is 12.0 Å². The zero-order valence-electron chi connectivity index (χ0n) is 22.1. The van der Waals surface area contributed by atoms with Crippen LogP contribution in [0, 0.1) is 11.8 Å². The molecule has 0 fully saturated rings. The largest absolute Gasteiger partial charge is 0.508 e. The molecule has 212 valence electrons. The molecule has 0 aliphatic carbocycles. The highest BCUT2D eigenvalue weighted by Crippen LogP contribution is 2.11. The van der Waals surface area contributed by atoms with Crippen molar-refractivity contribution in [1.82, 2.24) is 21.3 Å². The molecule has 0 radical (unpaired) electrons. The molecule has 0 bridgehead atoms. The Morgan fingerprint density at radius 2 is 1.47 bits per heavy atom. The molecule has 0 saturated heterocycles. The third kappa shape index (κ3) is 11.1. The van der Waals surface area contributed by atoms with Crippen LogP contribution in [0.2, 0.25) is 0 Å². The van der Waals surface area contributed by atoms with Crippen LogP contribution in [0.3, 0.4) is 0 Å². The summed E-state index contributed by atoms with van der Waals surface area (Å²) in [6.07, 6.45) is 0.355. The van der Waals surface area contributed by atoms with Gasteiger partial charge in [0.15, 0.2) is 0 Å². The number of aliphatic hydroxyl groups is 1. The fourth-order valence-corrected chi connectivity index (χ4v) is 3.47. The van der Waals surface area contributed by atoms with Gasteiger partial charge in [0.1, 0.15) is 23.9 Å². The first kappa shape index (κ1) is 32.3. The van der Waals surface area contributed by atoms with E-state index in [2.05, 4.69) is 21.3 Å². The number of aliphatic carboxylic acids is 1. The highest BCUT2D eigenvalue weighted by Gasteiger charge is 2.30. The van der Waals surface area contributed by atoms with Gasteiger partial charge in [0, 0.05) is 6.42 Å². The number of benzene rings is 1. The van der Waals surface area contributed by atoms with Crippen LogP contribution in [0.4, 0.5) is 0 Å². The molecule has 4 amide bonds. The summed E-state index contributed by atoms with van der Waals surface area (Å²) in [5.41, 5.74) is 6.43. The van der Waals surface area contributed by atoms with E-state index in [9.17, 15) is 39.3 Å². The predicted molar refractivity (Wildman–Crippen MR) is 138 cm³/mol. The van der Waals surface area contributed by atoms with E-state index in [0.717, 1.165) is 0 Å². The first-order valence-electron chi connectivity index (χ1n) is 12.3. The van der Waals surface area contributed by atoms with Gasteiger partial charge in [-0.25, -0.2) is 4.79 Å². The lowest BCUT2D eigenvalue weighted by Crippen LogP contribution is -2.58. The first-order valence-corrected chi connectivity index (χ1v) is 12.3. The van der Waals surface area contributed by atoms with Crippen LogP contribution < -0.4 is 27.0 Å². The predicted octanol–water partition coefficient (Wildman–Crippen LogP) is -1.39. The van der Waals surface area contributed by atoms with Crippen molar-refractivity contribution in [2.45, 2.75) is 64.7 Å². The number of amides is 4. The molecule has 1 aromatic rings. The van der Waals surface area contributed by atoms with Gasteiger partial charge in [-0.2, -0.15) is 0 Å². The lowest BCUT2D eigenvalue weighted by atomic mass is 10.00. The Labute approximate surface area is 221 Å². The number of aromatic hydroxyl groups is 1. The average Bonchev–Trinajstić information content (AvgIpc) is 2.84. The molecular weight excluding hydrogens is 498 g/mol. The van der Waals surface area contributed by atoms with Crippen LogP contribution in [-0.4, -0.2) is 82.2 Å². The molecule has 4 atom stereocenters. The second-order valence-corrected chi connectivity index (χ2v) is 9.76. The number of phenols is 1. The molecule has 0 heterocycles. The van der Waals surface area contributed by atoms with Gasteiger partial charge in [-0.3, -0.25) is 19.2 Å². The van der Waals surface area contributed by atoms with Gasteiger partial charge in [-0.05, 0) is 36.0 Å². The number of hydrogen-bond acceptors (Lipinski definition) is 8. The third-order valence-electron chi connectivity index (χ3n) is 5.56. The molecule has 1 rings (SSSR count). The summed E-state index contributed by atoms with van der Waals surface area (Å²) in [6.45, 7) is 5.79. The van der Waals surface area contributed by atoms with Crippen molar-refractivity contribution in [2.24, 2.45) is 17.6 Å². The van der Waals surface area contributed by atoms with Crippen molar-refractivity contribution in [3.8, 4) is 5.75 Å². The van der Waals surface area contributed by atoms with E-state index in [4.69, 9.17) is 5.73 Å². The van der Waals surface area contributed by atoms with E-state index >= 15 is 0 Å². The minimum absolute atomic E-state index is 0.00898. The van der Waals surface area contributed by atoms with Gasteiger partial charge in [0.05, 0.1) is 19.2 Å². The maximum atomic E-state index is 12.8. The topological polar surface area (TPSA) is 220 Å². The van der Waals surface area contributed by atoms with Crippen molar-refractivity contribution in [1.29, 1.82) is 0 Å². The number of phenolic OH excluding ortho intramolecular Hbond substituents is 1. The zero-order chi connectivity index (χ0) is 29.0. The van der Waals surface area contributed by atoms with Crippen LogP contribution in [-0.2, 0) is 30.4 Å². The number of carboxylic acids is 1. The molecule has 13 heteroatoms. The van der Waals surface area contributed by atoms with Gasteiger partial charge in [0.2, 0.25) is 23.6 Å². The monoisotopic (exact) mass is 537 g/mol. The van der Waals surface area contributed by atoms with Crippen LogP contribution in [0.25, 0.3) is 0 Å². The molecule has 0 aromatic heterocycles. The van der Waals surface area contributed by atoms with Crippen molar-refractivity contribution in [2.75, 3.05) is 13.2 Å². The van der Waals surface area contributed by atoms with Crippen LogP contribution in [0.5, 0.6) is 5.75 Å². The molecule has 9 N–H and O–H groups in total. The Hall–Kier alpha value is -3.71. The van der Waals surface area contributed by atoms with E-state index in [-0.39, 0.29) is 24.0 Å². The minimum Gasteiger partial charge on any atom is -0.508 e. The van der Waals surface area contributed by atoms with E-state index < -0.39 is 66.9 Å². The van der Waals surface area contributed by atoms with Gasteiger partial charge in [-0.1, -0.05) is 39.8 Å². The van der Waals surface area contributed by atoms with Gasteiger partial charge >= 0.3 is 5.97 Å². The Bertz CT molecular complexity index is 967. The number of carbonyl (C=O) groups is 5. The number of nitrogens with two attached hydrogens (primary N) is 1. The Morgan fingerprint density at radius 1 is 0.868 bits per heavy atom. The van der Waals surface area contributed by atoms with E-state index in [1.165, 1.54) is 24.3 Å². The van der Waals surface area contributed by atoms with Crippen molar-refractivity contribution in [3.63, 3.8) is 0 Å². The Kier molecular flexibility index (Phi) is 13.2. The number of hydrogen-bond donors (Lipinski definition) is 8. The van der Waals surface area contributed by atoms with Gasteiger partial charge in [0.25, 0.3) is 0 Å². The second-order valence-electron chi connectivity index (χ2n) is 9.76. The lowest BCUT2D eigenvalue weighted by molar-refractivity contribution is -0.141. The lowest BCUT2D eigenvalue weighted by Gasteiger charge is -2.26. The zero-order valence-corrected chi connectivity index (χ0v) is 22.1. The number of rotatable bonds is 15. The summed E-state index contributed by atoms with van der Waals surface area (Å²) in [5.74, 6) is -4.41. The Morgan fingerprint density at radius 3 is 1.97 bits per heavy atom. The smallest absolute Gasteiger partial charge is 0.326 e. The summed E-state index contributed by atoms with van der Waals surface area (Å²) in [4.78, 5) is 61.5. The quantitative estimate of drug-likeness (QED) is 0.132. The number of nitrogens with one attached hydrogen (secondary N) is 4. The molecular formula is C25H39N5O8. The number of carbonyl (C=O) groups excluding carboxylic acids is 4. The first-order chi connectivity index (χ1) is 17.7. The molecule has 13 nitrogen and oxygen atoms in total. The summed E-state index contributed by atoms with van der Waals surface area (Å²) >= 11 is 0. The molecule has 1 aromatic carbocycles. The van der Waals surface area contributed by atoms with E-state index in [1.54, 1.807) is 13.8 Å². The molecule has 0 saturated carbocycles. The fraction of sp³-hybridized carbons (Fsp3) is 0.560. The summed E-state index contributed by atoms with van der Waals surface area (Å²) in [6, 6.07) is 1.23. The fourth-order valence-electron chi connectivity index (χ4n) is 3.47. The maximum absolute atomic E-state index is 12.8. The van der Waals surface area contributed by atoms with Crippen molar-refractivity contribution < 1.29 is 39.3 Å². The minimum atomic E-state index is -1.43. The van der Waals surface area contributed by atoms with E-state index in [1.807, 2.05) is 13.8 Å². The third-order valence-corrected chi connectivity index (χ3v) is 5.56. The number of aliphatic hydroxyl groups excluding tert-OH is 1. The highest BCUT2D eigenvalue weighted by atomic mass is 16.4. The highest BCUT2D eigenvalue weighted by molar-refractivity contribution is 5.94. The molecule has 0 unspecified atom stereocenters. The van der Waals surface area contributed by atoms with Crippen molar-refractivity contribution >= 4 is 29.6 Å². The SMILES string of the molecule is CC(C)C[C@H](N)C(=O)N[C@H](C(=O)N[C@@H](CO)C(=O)NCC(=O)N[C@@H](Cc1ccc(O)cc1)C(=O)O)C(C)C. The standard InChI is InChI=1S/C25H39N5O8/c1-13(2)9-17(26)22(34)30-21(14(3)4)24(36)29-19(12-31)23(35)27-11-20(33)28-18(25(37)38)10-15-5-7-16(32)8-6-15/h5-8,13-14,17-19,21,31-32H,9-12,26H2,1-4H3,(H,27,35)(H,28,33)(H,29,36)(H,30,34)(H,37,38)/t17-,18-,19-,21-/m0/s1. The van der Waals surface area contributed by atoms with Crippen LogP contribution in [0.1, 0.15) is 39.7 Å². The Balaban J connectivity index is 2.69. The second kappa shape index (κ2) is 15.5.